The van der Waals surface area contributed by atoms with Gasteiger partial charge in [-0.05, 0) is 36.5 Å². The molecule has 1 saturated heterocycles. The largest absolute Gasteiger partial charge is 0.341 e. The molecule has 0 N–H and O–H groups in total. The quantitative estimate of drug-likeness (QED) is 0.700. The van der Waals surface area contributed by atoms with E-state index in [2.05, 4.69) is 34.2 Å². The summed E-state index contributed by atoms with van der Waals surface area (Å²) in [5.41, 5.74) is 1.64. The second-order valence-corrected chi connectivity index (χ2v) is 7.94. The van der Waals surface area contributed by atoms with Crippen LogP contribution in [0.25, 0.3) is 11.4 Å². The smallest absolute Gasteiger partial charge is 0.233 e. The van der Waals surface area contributed by atoms with Gasteiger partial charge in [-0.1, -0.05) is 42.4 Å². The van der Waals surface area contributed by atoms with Crippen LogP contribution >= 0.6 is 0 Å². The molecule has 2 aliphatic rings. The summed E-state index contributed by atoms with van der Waals surface area (Å²) < 4.78 is 5.56. The van der Waals surface area contributed by atoms with Crippen LogP contribution in [0.5, 0.6) is 0 Å². The van der Waals surface area contributed by atoms with Crippen molar-refractivity contribution in [3.05, 3.63) is 66.3 Å². The summed E-state index contributed by atoms with van der Waals surface area (Å²) >= 11 is 0. The number of hydrogen-bond acceptors (Lipinski definition) is 5. The standard InChI is InChI=1S/C22H22N4O2/c1-15-13-26(21(27)22(9-10-22)17-7-3-2-4-8-17)14-18(15)20-24-19(25-28-20)16-6-5-11-23-12-16/h2-8,11-12,15,18H,9-10,13-14H2,1H3/t15-,18-/m0/s1. The molecule has 3 aromatic rings. The van der Waals surface area contributed by atoms with Crippen LogP contribution in [0.1, 0.15) is 37.1 Å². The molecule has 0 bridgehead atoms. The molecule has 6 heteroatoms. The molecular formula is C22H22N4O2. The summed E-state index contributed by atoms with van der Waals surface area (Å²) in [6.45, 7) is 3.50. The summed E-state index contributed by atoms with van der Waals surface area (Å²) in [7, 11) is 0. The van der Waals surface area contributed by atoms with Crippen LogP contribution in [0.4, 0.5) is 0 Å². The molecule has 0 unspecified atom stereocenters. The number of pyridine rings is 1. The van der Waals surface area contributed by atoms with Gasteiger partial charge in [0.05, 0.1) is 11.3 Å². The molecule has 1 saturated carbocycles. The fourth-order valence-corrected chi connectivity index (χ4v) is 4.26. The Labute approximate surface area is 163 Å². The number of aromatic nitrogens is 3. The fourth-order valence-electron chi connectivity index (χ4n) is 4.26. The van der Waals surface area contributed by atoms with Gasteiger partial charge in [0.25, 0.3) is 0 Å². The molecule has 142 valence electrons. The molecule has 1 aromatic carbocycles. The van der Waals surface area contributed by atoms with E-state index in [0.29, 0.717) is 18.3 Å². The minimum absolute atomic E-state index is 0.0634. The SMILES string of the molecule is C[C@H]1CN(C(=O)C2(c3ccccc3)CC2)C[C@@H]1c1nc(-c2cccnc2)no1. The molecule has 6 nitrogen and oxygen atoms in total. The van der Waals surface area contributed by atoms with Crippen molar-refractivity contribution in [1.29, 1.82) is 0 Å². The molecule has 5 rings (SSSR count). The first-order chi connectivity index (χ1) is 13.7. The lowest BCUT2D eigenvalue weighted by molar-refractivity contribution is -0.133. The molecular weight excluding hydrogens is 352 g/mol. The lowest BCUT2D eigenvalue weighted by atomic mass is 9.94. The zero-order chi connectivity index (χ0) is 19.1. The third-order valence-electron chi connectivity index (χ3n) is 6.06. The Morgan fingerprint density at radius 3 is 2.68 bits per heavy atom. The molecule has 0 spiro atoms. The molecule has 1 amide bonds. The number of nitrogens with zero attached hydrogens (tertiary/aromatic N) is 4. The third-order valence-corrected chi connectivity index (χ3v) is 6.06. The predicted molar refractivity (Wildman–Crippen MR) is 103 cm³/mol. The molecule has 2 atom stereocenters. The summed E-state index contributed by atoms with van der Waals surface area (Å²) in [5.74, 6) is 1.72. The fraction of sp³-hybridized carbons (Fsp3) is 0.364. The van der Waals surface area contributed by atoms with Crippen LogP contribution in [0.15, 0.2) is 59.4 Å². The first kappa shape index (κ1) is 17.1. The van der Waals surface area contributed by atoms with E-state index in [1.165, 1.54) is 0 Å². The second kappa shape index (κ2) is 6.55. The number of amides is 1. The number of carbonyl (C=O) groups excluding carboxylic acids is 1. The molecule has 2 fully saturated rings. The molecule has 2 aromatic heterocycles. The maximum atomic E-state index is 13.3. The van der Waals surface area contributed by atoms with Gasteiger partial charge >= 0.3 is 0 Å². The Morgan fingerprint density at radius 2 is 1.96 bits per heavy atom. The van der Waals surface area contributed by atoms with Crippen LogP contribution in [0.3, 0.4) is 0 Å². The average Bonchev–Trinajstić information content (AvgIpc) is 3.25. The second-order valence-electron chi connectivity index (χ2n) is 7.94. The number of carbonyl (C=O) groups is 1. The van der Waals surface area contributed by atoms with Crippen LogP contribution in [0.2, 0.25) is 0 Å². The monoisotopic (exact) mass is 374 g/mol. The van der Waals surface area contributed by atoms with E-state index < -0.39 is 0 Å². The van der Waals surface area contributed by atoms with Gasteiger partial charge in [-0.2, -0.15) is 4.98 Å². The van der Waals surface area contributed by atoms with E-state index in [1.807, 2.05) is 35.2 Å². The highest BCUT2D eigenvalue weighted by molar-refractivity contribution is 5.91. The van der Waals surface area contributed by atoms with Crippen molar-refractivity contribution in [1.82, 2.24) is 20.0 Å². The molecule has 0 radical (unpaired) electrons. The zero-order valence-corrected chi connectivity index (χ0v) is 15.8. The minimum Gasteiger partial charge on any atom is -0.341 e. The number of benzene rings is 1. The molecule has 1 aliphatic carbocycles. The Balaban J connectivity index is 1.35. The van der Waals surface area contributed by atoms with Gasteiger partial charge in [-0.25, -0.2) is 0 Å². The van der Waals surface area contributed by atoms with Gasteiger partial charge in [0.1, 0.15) is 0 Å². The normalized spacial score (nSPS) is 23.0. The van der Waals surface area contributed by atoms with Gasteiger partial charge in [0, 0.05) is 31.0 Å². The van der Waals surface area contributed by atoms with E-state index in [0.717, 1.165) is 30.5 Å². The van der Waals surface area contributed by atoms with Gasteiger partial charge in [0.2, 0.25) is 17.6 Å². The number of hydrogen-bond donors (Lipinski definition) is 0. The molecule has 28 heavy (non-hydrogen) atoms. The van der Waals surface area contributed by atoms with Crippen molar-refractivity contribution < 1.29 is 9.32 Å². The minimum atomic E-state index is -0.328. The van der Waals surface area contributed by atoms with Crippen LogP contribution in [-0.4, -0.2) is 39.0 Å². The van der Waals surface area contributed by atoms with E-state index in [4.69, 9.17) is 4.52 Å². The van der Waals surface area contributed by atoms with E-state index >= 15 is 0 Å². The highest BCUT2D eigenvalue weighted by Crippen LogP contribution is 2.50. The number of likely N-dealkylation sites (tertiary alicyclic amines) is 1. The van der Waals surface area contributed by atoms with Crippen molar-refractivity contribution in [3.63, 3.8) is 0 Å². The maximum absolute atomic E-state index is 13.3. The number of rotatable bonds is 4. The summed E-state index contributed by atoms with van der Waals surface area (Å²) in [5, 5.41) is 4.11. The highest BCUT2D eigenvalue weighted by atomic mass is 16.5. The van der Waals surface area contributed by atoms with Crippen LogP contribution in [0, 0.1) is 5.92 Å². The lowest BCUT2D eigenvalue weighted by Gasteiger charge is -2.23. The third kappa shape index (κ3) is 2.80. The average molecular weight is 374 g/mol. The summed E-state index contributed by atoms with van der Waals surface area (Å²) in [6, 6.07) is 13.9. The predicted octanol–water partition coefficient (Wildman–Crippen LogP) is 3.43. The highest BCUT2D eigenvalue weighted by Gasteiger charge is 2.54. The molecule has 1 aliphatic heterocycles. The zero-order valence-electron chi connectivity index (χ0n) is 15.8. The van der Waals surface area contributed by atoms with E-state index in [1.54, 1.807) is 12.4 Å². The Bertz CT molecular complexity index is 982. The first-order valence-corrected chi connectivity index (χ1v) is 9.76. The van der Waals surface area contributed by atoms with Crippen molar-refractivity contribution in [2.75, 3.05) is 13.1 Å². The van der Waals surface area contributed by atoms with Gasteiger partial charge < -0.3 is 9.42 Å². The maximum Gasteiger partial charge on any atom is 0.233 e. The Morgan fingerprint density at radius 1 is 1.14 bits per heavy atom. The van der Waals surface area contributed by atoms with E-state index in [9.17, 15) is 4.79 Å². The van der Waals surface area contributed by atoms with Gasteiger partial charge in [-0.15, -0.1) is 0 Å². The van der Waals surface area contributed by atoms with Crippen molar-refractivity contribution in [2.45, 2.75) is 31.1 Å². The van der Waals surface area contributed by atoms with E-state index in [-0.39, 0.29) is 23.2 Å². The Kier molecular flexibility index (Phi) is 4.00. The van der Waals surface area contributed by atoms with Crippen LogP contribution < -0.4 is 0 Å². The Hall–Kier alpha value is -3.02. The van der Waals surface area contributed by atoms with Gasteiger partial charge in [-0.3, -0.25) is 9.78 Å². The summed E-state index contributed by atoms with van der Waals surface area (Å²) in [4.78, 5) is 24.0. The van der Waals surface area contributed by atoms with Crippen LogP contribution in [-0.2, 0) is 10.2 Å². The lowest BCUT2D eigenvalue weighted by Crippen LogP contribution is -2.38. The van der Waals surface area contributed by atoms with Crippen molar-refractivity contribution in [2.24, 2.45) is 5.92 Å². The van der Waals surface area contributed by atoms with Crippen molar-refractivity contribution in [3.8, 4) is 11.4 Å². The van der Waals surface area contributed by atoms with Gasteiger partial charge in [0.15, 0.2) is 0 Å². The first-order valence-electron chi connectivity index (χ1n) is 9.76. The topological polar surface area (TPSA) is 72.1 Å². The summed E-state index contributed by atoms with van der Waals surface area (Å²) in [6.07, 6.45) is 5.29. The molecule has 3 heterocycles. The van der Waals surface area contributed by atoms with Crippen molar-refractivity contribution >= 4 is 5.91 Å².